The van der Waals surface area contributed by atoms with Gasteiger partial charge in [-0.05, 0) is 65.2 Å². The van der Waals surface area contributed by atoms with Gasteiger partial charge in [0.2, 0.25) is 0 Å². The van der Waals surface area contributed by atoms with Gasteiger partial charge in [0.15, 0.2) is 0 Å². The van der Waals surface area contributed by atoms with Crippen molar-refractivity contribution < 1.29 is 9.59 Å². The van der Waals surface area contributed by atoms with E-state index in [0.29, 0.717) is 11.1 Å². The zero-order valence-corrected chi connectivity index (χ0v) is 19.5. The van der Waals surface area contributed by atoms with Crippen LogP contribution in [0.25, 0.3) is 33.0 Å². The number of nitrogens with zero attached hydrogens (tertiary/aromatic N) is 2. The van der Waals surface area contributed by atoms with Crippen LogP contribution >= 0.6 is 0 Å². The van der Waals surface area contributed by atoms with Gasteiger partial charge in [0.25, 0.3) is 11.8 Å². The van der Waals surface area contributed by atoms with Crippen molar-refractivity contribution in [1.82, 2.24) is 19.8 Å². The largest absolute Gasteiger partial charge is 0.361 e. The monoisotopic (exact) mass is 440 g/mol. The number of carbonyl (C=O) groups excluding carboxylic acids is 2. The summed E-state index contributed by atoms with van der Waals surface area (Å²) in [7, 11) is 4.13. The summed E-state index contributed by atoms with van der Waals surface area (Å²) in [4.78, 5) is 31.6. The third kappa shape index (κ3) is 3.66. The van der Waals surface area contributed by atoms with E-state index in [4.69, 9.17) is 0 Å². The van der Waals surface area contributed by atoms with Crippen molar-refractivity contribution in [2.75, 3.05) is 20.6 Å². The number of benzene rings is 2. The molecule has 0 spiro atoms. The lowest BCUT2D eigenvalue weighted by Gasteiger charge is -2.10. The predicted octanol–water partition coefficient (Wildman–Crippen LogP) is 4.26. The zero-order valence-electron chi connectivity index (χ0n) is 19.5. The number of aryl methyl sites for hydroxylation is 3. The van der Waals surface area contributed by atoms with Crippen molar-refractivity contribution in [3.63, 3.8) is 0 Å². The molecule has 0 atom stereocenters. The highest BCUT2D eigenvalue weighted by molar-refractivity contribution is 6.50. The number of fused-ring (bicyclic) bond motifs is 2. The molecule has 5 rings (SSSR count). The van der Waals surface area contributed by atoms with E-state index >= 15 is 0 Å². The average Bonchev–Trinajstić information content (AvgIpc) is 3.40. The number of nitrogens with one attached hydrogen (secondary N) is 2. The molecule has 6 nitrogen and oxygen atoms in total. The van der Waals surface area contributed by atoms with E-state index in [0.717, 1.165) is 63.6 Å². The van der Waals surface area contributed by atoms with Gasteiger partial charge in [0.05, 0.1) is 11.1 Å². The molecule has 0 radical (unpaired) electrons. The van der Waals surface area contributed by atoms with Crippen LogP contribution in [0.2, 0.25) is 0 Å². The minimum absolute atomic E-state index is 0.342. The minimum atomic E-state index is -0.349. The number of hydrogen-bond acceptors (Lipinski definition) is 3. The van der Waals surface area contributed by atoms with Crippen LogP contribution in [0.5, 0.6) is 0 Å². The Hall–Kier alpha value is -3.64. The fraction of sp³-hybridized carbons (Fsp3) is 0.259. The van der Waals surface area contributed by atoms with Gasteiger partial charge in [-0.25, -0.2) is 0 Å². The Labute approximate surface area is 192 Å². The number of aromatic nitrogens is 2. The Morgan fingerprint density at radius 1 is 0.879 bits per heavy atom. The van der Waals surface area contributed by atoms with Crippen molar-refractivity contribution in [3.05, 3.63) is 71.0 Å². The van der Waals surface area contributed by atoms with Crippen LogP contribution in [0.3, 0.4) is 0 Å². The van der Waals surface area contributed by atoms with Gasteiger partial charge in [-0.1, -0.05) is 23.3 Å². The second-order valence-electron chi connectivity index (χ2n) is 9.20. The van der Waals surface area contributed by atoms with Gasteiger partial charge in [-0.3, -0.25) is 14.9 Å². The topological polar surface area (TPSA) is 70.1 Å². The fourth-order valence-electron chi connectivity index (χ4n) is 4.76. The first-order chi connectivity index (χ1) is 15.8. The number of amides is 2. The molecule has 1 aliphatic heterocycles. The molecule has 2 aromatic heterocycles. The molecule has 1 aliphatic rings. The number of carbonyl (C=O) groups is 2. The van der Waals surface area contributed by atoms with E-state index in [9.17, 15) is 9.59 Å². The van der Waals surface area contributed by atoms with Gasteiger partial charge in [-0.2, -0.15) is 0 Å². The molecular weight excluding hydrogens is 412 g/mol. The summed E-state index contributed by atoms with van der Waals surface area (Å²) in [5.74, 6) is -0.690. The lowest BCUT2D eigenvalue weighted by Crippen LogP contribution is -2.22. The van der Waals surface area contributed by atoms with E-state index in [2.05, 4.69) is 58.1 Å². The Morgan fingerprint density at radius 3 is 2.27 bits per heavy atom. The highest BCUT2D eigenvalue weighted by Crippen LogP contribution is 2.38. The maximum absolute atomic E-state index is 13.1. The fourth-order valence-corrected chi connectivity index (χ4v) is 4.76. The van der Waals surface area contributed by atoms with Crippen LogP contribution in [-0.4, -0.2) is 46.9 Å². The smallest absolute Gasteiger partial charge is 0.259 e. The van der Waals surface area contributed by atoms with Crippen molar-refractivity contribution in [3.8, 4) is 0 Å². The molecule has 4 aromatic rings. The molecule has 3 heterocycles. The summed E-state index contributed by atoms with van der Waals surface area (Å²) < 4.78 is 2.20. The summed E-state index contributed by atoms with van der Waals surface area (Å²) in [6.45, 7) is 5.88. The van der Waals surface area contributed by atoms with Crippen LogP contribution in [0.1, 0.15) is 28.7 Å². The van der Waals surface area contributed by atoms with Crippen molar-refractivity contribution in [2.45, 2.75) is 26.8 Å². The van der Waals surface area contributed by atoms with Gasteiger partial charge in [0.1, 0.15) is 0 Å². The molecule has 2 aromatic carbocycles. The second kappa shape index (κ2) is 8.05. The standard InChI is InChI=1S/C27H28N4O2/c1-16-6-8-22-18(12-16)20(14-28-22)24-25(27(33)29-26(24)32)21-15-31(11-5-10-30(3)4)23-9-7-17(2)13-19(21)23/h6-9,12-15,28H,5,10-11H2,1-4H3,(H,29,32,33). The summed E-state index contributed by atoms with van der Waals surface area (Å²) in [6.07, 6.45) is 4.86. The molecule has 0 bridgehead atoms. The van der Waals surface area contributed by atoms with E-state index in [-0.39, 0.29) is 11.8 Å². The summed E-state index contributed by atoms with van der Waals surface area (Å²) in [6, 6.07) is 12.4. The number of H-pyrrole nitrogens is 1. The highest BCUT2D eigenvalue weighted by Gasteiger charge is 2.35. The third-order valence-electron chi connectivity index (χ3n) is 6.35. The lowest BCUT2D eigenvalue weighted by molar-refractivity contribution is -0.122. The predicted molar refractivity (Wildman–Crippen MR) is 133 cm³/mol. The lowest BCUT2D eigenvalue weighted by atomic mass is 9.95. The Morgan fingerprint density at radius 2 is 1.55 bits per heavy atom. The van der Waals surface area contributed by atoms with Crippen LogP contribution in [0.4, 0.5) is 0 Å². The van der Waals surface area contributed by atoms with E-state index in [1.807, 2.05) is 38.4 Å². The summed E-state index contributed by atoms with van der Waals surface area (Å²) >= 11 is 0. The van der Waals surface area contributed by atoms with Crippen LogP contribution < -0.4 is 5.32 Å². The number of aromatic amines is 1. The van der Waals surface area contributed by atoms with E-state index in [1.54, 1.807) is 0 Å². The molecule has 6 heteroatoms. The molecule has 0 saturated heterocycles. The first-order valence-corrected chi connectivity index (χ1v) is 11.3. The maximum Gasteiger partial charge on any atom is 0.259 e. The van der Waals surface area contributed by atoms with Gasteiger partial charge in [0, 0.05) is 51.9 Å². The van der Waals surface area contributed by atoms with Gasteiger partial charge in [-0.15, -0.1) is 0 Å². The SMILES string of the molecule is Cc1ccc2[nH]cc(C3=C(c4cn(CCCN(C)C)c5ccc(C)cc45)C(=O)NC3=O)c2c1. The first kappa shape index (κ1) is 21.2. The maximum atomic E-state index is 13.1. The molecule has 2 N–H and O–H groups in total. The minimum Gasteiger partial charge on any atom is -0.361 e. The third-order valence-corrected chi connectivity index (χ3v) is 6.35. The van der Waals surface area contributed by atoms with Gasteiger partial charge >= 0.3 is 0 Å². The highest BCUT2D eigenvalue weighted by atomic mass is 16.2. The van der Waals surface area contributed by atoms with Crippen molar-refractivity contribution in [2.24, 2.45) is 0 Å². The first-order valence-electron chi connectivity index (χ1n) is 11.3. The Kier molecular flexibility index (Phi) is 5.17. The molecule has 0 saturated carbocycles. The van der Waals surface area contributed by atoms with Crippen molar-refractivity contribution >= 4 is 44.8 Å². The molecular formula is C27H28N4O2. The number of hydrogen-bond donors (Lipinski definition) is 2. The number of rotatable bonds is 6. The van der Waals surface area contributed by atoms with Crippen LogP contribution in [0.15, 0.2) is 48.8 Å². The van der Waals surface area contributed by atoms with Gasteiger partial charge < -0.3 is 14.5 Å². The molecule has 0 fully saturated rings. The average molecular weight is 441 g/mol. The Bertz CT molecular complexity index is 1450. The normalized spacial score (nSPS) is 14.3. The summed E-state index contributed by atoms with van der Waals surface area (Å²) in [5, 5.41) is 4.48. The van der Waals surface area contributed by atoms with E-state index < -0.39 is 0 Å². The summed E-state index contributed by atoms with van der Waals surface area (Å²) in [5.41, 5.74) is 6.68. The molecule has 2 amide bonds. The molecule has 33 heavy (non-hydrogen) atoms. The van der Waals surface area contributed by atoms with Crippen LogP contribution in [0, 0.1) is 13.8 Å². The molecule has 168 valence electrons. The molecule has 0 aliphatic carbocycles. The number of imide groups is 1. The molecule has 0 unspecified atom stereocenters. The van der Waals surface area contributed by atoms with Crippen LogP contribution in [-0.2, 0) is 16.1 Å². The van der Waals surface area contributed by atoms with E-state index in [1.165, 1.54) is 0 Å². The van der Waals surface area contributed by atoms with Crippen molar-refractivity contribution in [1.29, 1.82) is 0 Å². The zero-order chi connectivity index (χ0) is 23.3. The Balaban J connectivity index is 1.73. The quantitative estimate of drug-likeness (QED) is 0.440. The second-order valence-corrected chi connectivity index (χ2v) is 9.20.